The van der Waals surface area contributed by atoms with E-state index < -0.39 is 0 Å². The Balaban J connectivity index is 1.57. The summed E-state index contributed by atoms with van der Waals surface area (Å²) < 4.78 is 0. The van der Waals surface area contributed by atoms with Crippen LogP contribution in [0.3, 0.4) is 0 Å². The summed E-state index contributed by atoms with van der Waals surface area (Å²) in [5.41, 5.74) is 0.581. The van der Waals surface area contributed by atoms with Crippen LogP contribution in [0.5, 0.6) is 0 Å². The topological polar surface area (TPSA) is 58.1 Å². The number of aromatic nitrogens is 2. The Morgan fingerprint density at radius 2 is 2.04 bits per heavy atom. The second-order valence-corrected chi connectivity index (χ2v) is 6.28. The van der Waals surface area contributed by atoms with Crippen LogP contribution in [0.4, 0.5) is 5.82 Å². The molecule has 5 nitrogen and oxygen atoms in total. The lowest BCUT2D eigenvalue weighted by molar-refractivity contribution is 0.0930. The number of amides is 1. The average Bonchev–Trinajstić information content (AvgIpc) is 2.57. The highest BCUT2D eigenvalue weighted by Crippen LogP contribution is 2.28. The molecule has 1 fully saturated rings. The number of anilines is 1. The standard InChI is InChI=1S/C16H16Cl2N4O/c17-12-8-14(18)15(20-10-12)22-6-3-13(4-7-22)21-16(23)11-2-1-5-19-9-11/h1-2,5,8-10,13H,3-4,6-7H2,(H,21,23). The van der Waals surface area contributed by atoms with E-state index in [4.69, 9.17) is 23.2 Å². The predicted octanol–water partition coefficient (Wildman–Crippen LogP) is 3.18. The van der Waals surface area contributed by atoms with Crippen molar-refractivity contribution in [2.24, 2.45) is 0 Å². The first-order valence-electron chi connectivity index (χ1n) is 7.40. The van der Waals surface area contributed by atoms with E-state index in [9.17, 15) is 4.79 Å². The van der Waals surface area contributed by atoms with Crippen LogP contribution in [-0.4, -0.2) is 35.0 Å². The molecule has 1 amide bonds. The van der Waals surface area contributed by atoms with Gasteiger partial charge in [0.15, 0.2) is 0 Å². The second-order valence-electron chi connectivity index (χ2n) is 5.44. The Hall–Kier alpha value is -1.85. The summed E-state index contributed by atoms with van der Waals surface area (Å²) in [5.74, 6) is 0.660. The molecule has 2 aromatic heterocycles. The van der Waals surface area contributed by atoms with Crippen LogP contribution < -0.4 is 10.2 Å². The molecule has 3 heterocycles. The maximum absolute atomic E-state index is 12.1. The number of carbonyl (C=O) groups excluding carboxylic acids is 1. The molecule has 0 radical (unpaired) electrons. The minimum Gasteiger partial charge on any atom is -0.355 e. The first kappa shape index (κ1) is 16.0. The fourth-order valence-corrected chi connectivity index (χ4v) is 3.14. The summed E-state index contributed by atoms with van der Waals surface area (Å²) in [7, 11) is 0. The summed E-state index contributed by atoms with van der Waals surface area (Å²) in [6.07, 6.45) is 6.50. The van der Waals surface area contributed by atoms with Crippen LogP contribution in [0, 0.1) is 0 Å². The molecule has 2 aromatic rings. The summed E-state index contributed by atoms with van der Waals surface area (Å²) in [6, 6.07) is 5.35. The molecule has 1 aliphatic heterocycles. The van der Waals surface area contributed by atoms with Gasteiger partial charge in [0.2, 0.25) is 0 Å². The van der Waals surface area contributed by atoms with E-state index in [1.54, 1.807) is 36.8 Å². The average molecular weight is 351 g/mol. The third-order valence-corrected chi connectivity index (χ3v) is 4.33. The third kappa shape index (κ3) is 3.92. The fraction of sp³-hybridized carbons (Fsp3) is 0.312. The maximum Gasteiger partial charge on any atom is 0.253 e. The molecular formula is C16H16Cl2N4O. The van der Waals surface area contributed by atoms with Gasteiger partial charge >= 0.3 is 0 Å². The van der Waals surface area contributed by atoms with E-state index in [0.29, 0.717) is 15.6 Å². The SMILES string of the molecule is O=C(NC1CCN(c2ncc(Cl)cc2Cl)CC1)c1cccnc1. The van der Waals surface area contributed by atoms with Gasteiger partial charge in [-0.3, -0.25) is 9.78 Å². The molecular weight excluding hydrogens is 335 g/mol. The molecule has 120 valence electrons. The number of carbonyl (C=O) groups is 1. The van der Waals surface area contributed by atoms with Crippen LogP contribution in [-0.2, 0) is 0 Å². The summed E-state index contributed by atoms with van der Waals surface area (Å²) in [5, 5.41) is 4.13. The van der Waals surface area contributed by atoms with Crippen molar-refractivity contribution in [2.75, 3.05) is 18.0 Å². The summed E-state index contributed by atoms with van der Waals surface area (Å²) in [4.78, 5) is 22.5. The molecule has 0 saturated carbocycles. The molecule has 0 atom stereocenters. The van der Waals surface area contributed by atoms with Gasteiger partial charge in [0.25, 0.3) is 5.91 Å². The molecule has 0 aliphatic carbocycles. The van der Waals surface area contributed by atoms with Crippen LogP contribution in [0.1, 0.15) is 23.2 Å². The van der Waals surface area contributed by atoms with Gasteiger partial charge in [-0.25, -0.2) is 4.98 Å². The Kier molecular flexibility index (Phi) is 4.98. The normalized spacial score (nSPS) is 15.5. The second kappa shape index (κ2) is 7.15. The van der Waals surface area contributed by atoms with Crippen molar-refractivity contribution in [3.8, 4) is 0 Å². The number of nitrogens with zero attached hydrogens (tertiary/aromatic N) is 3. The molecule has 7 heteroatoms. The first-order chi connectivity index (χ1) is 11.1. The van der Waals surface area contributed by atoms with Crippen molar-refractivity contribution in [2.45, 2.75) is 18.9 Å². The van der Waals surface area contributed by atoms with Gasteiger partial charge in [0.05, 0.1) is 15.6 Å². The predicted molar refractivity (Wildman–Crippen MR) is 91.2 cm³/mol. The minimum absolute atomic E-state index is 0.0841. The fourth-order valence-electron chi connectivity index (χ4n) is 2.64. The number of piperidine rings is 1. The molecule has 0 spiro atoms. The monoisotopic (exact) mass is 350 g/mol. The maximum atomic E-state index is 12.1. The molecule has 23 heavy (non-hydrogen) atoms. The third-order valence-electron chi connectivity index (χ3n) is 3.84. The van der Waals surface area contributed by atoms with E-state index in [0.717, 1.165) is 31.7 Å². The molecule has 0 aromatic carbocycles. The van der Waals surface area contributed by atoms with Crippen LogP contribution in [0.25, 0.3) is 0 Å². The number of nitrogens with one attached hydrogen (secondary N) is 1. The summed E-state index contributed by atoms with van der Waals surface area (Å²) >= 11 is 12.1. The zero-order valence-corrected chi connectivity index (χ0v) is 13.9. The highest BCUT2D eigenvalue weighted by atomic mass is 35.5. The van der Waals surface area contributed by atoms with Gasteiger partial charge in [0.1, 0.15) is 5.82 Å². The Morgan fingerprint density at radius 3 is 2.70 bits per heavy atom. The lowest BCUT2D eigenvalue weighted by atomic mass is 10.0. The van der Waals surface area contributed by atoms with E-state index in [-0.39, 0.29) is 11.9 Å². The van der Waals surface area contributed by atoms with E-state index in [2.05, 4.69) is 20.2 Å². The lowest BCUT2D eigenvalue weighted by Gasteiger charge is -2.33. The molecule has 0 unspecified atom stereocenters. The van der Waals surface area contributed by atoms with E-state index >= 15 is 0 Å². The Labute approximate surface area is 144 Å². The number of pyridine rings is 2. The minimum atomic E-state index is -0.0841. The van der Waals surface area contributed by atoms with Crippen LogP contribution in [0.15, 0.2) is 36.8 Å². The number of hydrogen-bond donors (Lipinski definition) is 1. The number of hydrogen-bond acceptors (Lipinski definition) is 4. The smallest absolute Gasteiger partial charge is 0.253 e. The molecule has 3 rings (SSSR count). The Morgan fingerprint density at radius 1 is 1.26 bits per heavy atom. The highest BCUT2D eigenvalue weighted by Gasteiger charge is 2.23. The zero-order chi connectivity index (χ0) is 16.2. The van der Waals surface area contributed by atoms with Crippen molar-refractivity contribution in [1.29, 1.82) is 0 Å². The lowest BCUT2D eigenvalue weighted by Crippen LogP contribution is -2.45. The summed E-state index contributed by atoms with van der Waals surface area (Å²) in [6.45, 7) is 1.57. The largest absolute Gasteiger partial charge is 0.355 e. The van der Waals surface area contributed by atoms with Crippen LogP contribution in [0.2, 0.25) is 10.0 Å². The van der Waals surface area contributed by atoms with Crippen molar-refractivity contribution in [1.82, 2.24) is 15.3 Å². The number of rotatable bonds is 3. The van der Waals surface area contributed by atoms with Crippen LogP contribution >= 0.6 is 23.2 Å². The quantitative estimate of drug-likeness (QED) is 0.923. The van der Waals surface area contributed by atoms with Crippen molar-refractivity contribution < 1.29 is 4.79 Å². The van der Waals surface area contributed by atoms with Gasteiger partial charge in [0, 0.05) is 37.7 Å². The molecule has 0 bridgehead atoms. The van der Waals surface area contributed by atoms with E-state index in [1.807, 2.05) is 0 Å². The van der Waals surface area contributed by atoms with Gasteiger partial charge in [-0.2, -0.15) is 0 Å². The van der Waals surface area contributed by atoms with E-state index in [1.165, 1.54) is 0 Å². The Bertz CT molecular complexity index is 688. The first-order valence-corrected chi connectivity index (χ1v) is 8.16. The highest BCUT2D eigenvalue weighted by molar-refractivity contribution is 6.36. The molecule has 1 N–H and O–H groups in total. The van der Waals surface area contributed by atoms with Gasteiger partial charge in [-0.05, 0) is 31.0 Å². The van der Waals surface area contributed by atoms with Crippen molar-refractivity contribution >= 4 is 34.9 Å². The number of halogens is 2. The van der Waals surface area contributed by atoms with Gasteiger partial charge < -0.3 is 10.2 Å². The van der Waals surface area contributed by atoms with Gasteiger partial charge in [-0.15, -0.1) is 0 Å². The van der Waals surface area contributed by atoms with Gasteiger partial charge in [-0.1, -0.05) is 23.2 Å². The van der Waals surface area contributed by atoms with Crippen molar-refractivity contribution in [3.05, 3.63) is 52.4 Å². The molecule has 1 saturated heterocycles. The molecule has 1 aliphatic rings. The zero-order valence-electron chi connectivity index (χ0n) is 12.4. The van der Waals surface area contributed by atoms with Crippen molar-refractivity contribution in [3.63, 3.8) is 0 Å².